The van der Waals surface area contributed by atoms with Crippen LogP contribution >= 0.6 is 0 Å². The van der Waals surface area contributed by atoms with Crippen molar-refractivity contribution in [3.8, 4) is 0 Å². The van der Waals surface area contributed by atoms with Crippen LogP contribution in [0.2, 0.25) is 0 Å². The Morgan fingerprint density at radius 2 is 2.00 bits per heavy atom. The molecule has 1 aromatic heterocycles. The summed E-state index contributed by atoms with van der Waals surface area (Å²) >= 11 is 0. The van der Waals surface area contributed by atoms with E-state index in [0.29, 0.717) is 32.1 Å². The molecule has 23 heavy (non-hydrogen) atoms. The minimum Gasteiger partial charge on any atom is -0.465 e. The van der Waals surface area contributed by atoms with E-state index in [9.17, 15) is 18.0 Å². The molecule has 1 atom stereocenters. The van der Waals surface area contributed by atoms with E-state index in [0.717, 1.165) is 5.76 Å². The first-order chi connectivity index (χ1) is 10.8. The number of hydrogen-bond acceptors (Lipinski definition) is 4. The average Bonchev–Trinajstić information content (AvgIpc) is 2.92. The average molecular weight is 335 g/mol. The third-order valence-electron chi connectivity index (χ3n) is 3.48. The van der Waals surface area contributed by atoms with Crippen LogP contribution in [0.1, 0.15) is 17.6 Å². The fourth-order valence-corrected chi connectivity index (χ4v) is 2.36. The molecular formula is C14H20F3N3O3. The van der Waals surface area contributed by atoms with Crippen LogP contribution in [0.5, 0.6) is 0 Å². The quantitative estimate of drug-likeness (QED) is 0.861. The van der Waals surface area contributed by atoms with Crippen LogP contribution in [0, 0.1) is 6.92 Å². The molecule has 1 fully saturated rings. The van der Waals surface area contributed by atoms with E-state index < -0.39 is 18.8 Å². The van der Waals surface area contributed by atoms with Crippen LogP contribution in [-0.4, -0.2) is 56.5 Å². The highest BCUT2D eigenvalue weighted by Crippen LogP contribution is 2.23. The van der Waals surface area contributed by atoms with Gasteiger partial charge in [-0.3, -0.25) is 4.90 Å². The van der Waals surface area contributed by atoms with Crippen molar-refractivity contribution < 1.29 is 27.1 Å². The second kappa shape index (κ2) is 7.69. The zero-order chi connectivity index (χ0) is 16.9. The summed E-state index contributed by atoms with van der Waals surface area (Å²) < 4.78 is 47.2. The molecule has 2 rings (SSSR count). The van der Waals surface area contributed by atoms with Gasteiger partial charge in [0.2, 0.25) is 0 Å². The third kappa shape index (κ3) is 5.76. The van der Waals surface area contributed by atoms with Gasteiger partial charge in [-0.1, -0.05) is 0 Å². The molecule has 9 heteroatoms. The smallest absolute Gasteiger partial charge is 0.405 e. The summed E-state index contributed by atoms with van der Waals surface area (Å²) in [6.07, 6.45) is -4.43. The van der Waals surface area contributed by atoms with Crippen LogP contribution in [0.4, 0.5) is 18.0 Å². The maximum absolute atomic E-state index is 12.1. The SMILES string of the molecule is Cc1ccc([C@@H](CNC(=O)NCC(F)(F)F)N2CCOCC2)o1. The van der Waals surface area contributed by atoms with Gasteiger partial charge < -0.3 is 19.8 Å². The number of ether oxygens (including phenoxy) is 1. The Kier molecular flexibility index (Phi) is 5.89. The highest BCUT2D eigenvalue weighted by Gasteiger charge is 2.29. The molecule has 0 radical (unpaired) electrons. The van der Waals surface area contributed by atoms with Gasteiger partial charge in [0.05, 0.1) is 19.3 Å². The van der Waals surface area contributed by atoms with E-state index in [1.165, 1.54) is 0 Å². The van der Waals surface area contributed by atoms with Crippen molar-refractivity contribution in [1.29, 1.82) is 0 Å². The topological polar surface area (TPSA) is 66.7 Å². The van der Waals surface area contributed by atoms with Crippen molar-refractivity contribution in [1.82, 2.24) is 15.5 Å². The van der Waals surface area contributed by atoms with Crippen LogP contribution in [0.15, 0.2) is 16.5 Å². The summed E-state index contributed by atoms with van der Waals surface area (Å²) in [6, 6.07) is 2.52. The van der Waals surface area contributed by atoms with Gasteiger partial charge in [0.15, 0.2) is 0 Å². The number of hydrogen-bond donors (Lipinski definition) is 2. The van der Waals surface area contributed by atoms with Crippen LogP contribution in [0.25, 0.3) is 0 Å². The van der Waals surface area contributed by atoms with Gasteiger partial charge in [-0.25, -0.2) is 4.79 Å². The van der Waals surface area contributed by atoms with E-state index >= 15 is 0 Å². The summed E-state index contributed by atoms with van der Waals surface area (Å²) in [4.78, 5) is 13.6. The van der Waals surface area contributed by atoms with Gasteiger partial charge in [0.25, 0.3) is 0 Å². The second-order valence-electron chi connectivity index (χ2n) is 5.29. The molecule has 1 saturated heterocycles. The zero-order valence-corrected chi connectivity index (χ0v) is 12.8. The monoisotopic (exact) mass is 335 g/mol. The van der Waals surface area contributed by atoms with Crippen molar-refractivity contribution in [2.24, 2.45) is 0 Å². The Bertz CT molecular complexity index is 513. The van der Waals surface area contributed by atoms with Crippen molar-refractivity contribution in [2.45, 2.75) is 19.1 Å². The first-order valence-corrected chi connectivity index (χ1v) is 7.32. The van der Waals surface area contributed by atoms with E-state index in [1.54, 1.807) is 5.32 Å². The van der Waals surface area contributed by atoms with Crippen molar-refractivity contribution in [2.75, 3.05) is 39.4 Å². The van der Waals surface area contributed by atoms with Gasteiger partial charge in [-0.2, -0.15) is 13.2 Å². The molecule has 2 N–H and O–H groups in total. The highest BCUT2D eigenvalue weighted by molar-refractivity contribution is 5.73. The molecule has 0 bridgehead atoms. The highest BCUT2D eigenvalue weighted by atomic mass is 19.4. The van der Waals surface area contributed by atoms with E-state index in [4.69, 9.17) is 9.15 Å². The fraction of sp³-hybridized carbons (Fsp3) is 0.643. The molecule has 1 aliphatic rings. The summed E-state index contributed by atoms with van der Waals surface area (Å²) in [6.45, 7) is 3.06. The number of nitrogens with zero attached hydrogens (tertiary/aromatic N) is 1. The lowest BCUT2D eigenvalue weighted by atomic mass is 10.1. The number of urea groups is 1. The van der Waals surface area contributed by atoms with Crippen LogP contribution < -0.4 is 10.6 Å². The van der Waals surface area contributed by atoms with Gasteiger partial charge in [-0.05, 0) is 19.1 Å². The molecule has 0 spiro atoms. The Balaban J connectivity index is 1.93. The molecular weight excluding hydrogens is 315 g/mol. The lowest BCUT2D eigenvalue weighted by Gasteiger charge is -2.33. The van der Waals surface area contributed by atoms with Crippen molar-refractivity contribution in [3.63, 3.8) is 0 Å². The van der Waals surface area contributed by atoms with Crippen molar-refractivity contribution in [3.05, 3.63) is 23.7 Å². The molecule has 0 aliphatic carbocycles. The molecule has 1 aliphatic heterocycles. The molecule has 2 amide bonds. The minimum atomic E-state index is -4.43. The molecule has 6 nitrogen and oxygen atoms in total. The van der Waals surface area contributed by atoms with Crippen LogP contribution in [-0.2, 0) is 4.74 Å². The molecule has 0 aromatic carbocycles. The first kappa shape index (κ1) is 17.6. The molecule has 2 heterocycles. The molecule has 0 saturated carbocycles. The number of alkyl halides is 3. The number of rotatable bonds is 5. The van der Waals surface area contributed by atoms with Gasteiger partial charge in [-0.15, -0.1) is 0 Å². The zero-order valence-electron chi connectivity index (χ0n) is 12.8. The lowest BCUT2D eigenvalue weighted by molar-refractivity contribution is -0.122. The van der Waals surface area contributed by atoms with Gasteiger partial charge in [0.1, 0.15) is 18.1 Å². The fourth-order valence-electron chi connectivity index (χ4n) is 2.36. The standard InChI is InChI=1S/C14H20F3N3O3/c1-10-2-3-12(23-10)11(20-4-6-22-7-5-20)8-18-13(21)19-9-14(15,16)17/h2-3,11H,4-9H2,1H3,(H2,18,19,21)/t11-/m1/s1. The third-order valence-corrected chi connectivity index (χ3v) is 3.48. The summed E-state index contributed by atoms with van der Waals surface area (Å²) in [7, 11) is 0. The van der Waals surface area contributed by atoms with Crippen LogP contribution in [0.3, 0.4) is 0 Å². The number of aryl methyl sites for hydroxylation is 1. The Morgan fingerprint density at radius 3 is 2.57 bits per heavy atom. The summed E-state index contributed by atoms with van der Waals surface area (Å²) in [5.74, 6) is 1.40. The minimum absolute atomic E-state index is 0.149. The first-order valence-electron chi connectivity index (χ1n) is 7.32. The van der Waals surface area contributed by atoms with Gasteiger partial charge >= 0.3 is 12.2 Å². The van der Waals surface area contributed by atoms with E-state index in [2.05, 4.69) is 10.2 Å². The van der Waals surface area contributed by atoms with Gasteiger partial charge in [0, 0.05) is 19.6 Å². The largest absolute Gasteiger partial charge is 0.465 e. The lowest BCUT2D eigenvalue weighted by Crippen LogP contribution is -2.47. The maximum Gasteiger partial charge on any atom is 0.405 e. The summed E-state index contributed by atoms with van der Waals surface area (Å²) in [5, 5.41) is 4.26. The number of carbonyl (C=O) groups is 1. The number of carbonyl (C=O) groups excluding carboxylic acids is 1. The number of furan rings is 1. The number of halogens is 3. The van der Waals surface area contributed by atoms with E-state index in [-0.39, 0.29) is 12.6 Å². The normalized spacial score (nSPS) is 17.7. The maximum atomic E-state index is 12.1. The molecule has 130 valence electrons. The number of amides is 2. The predicted octanol–water partition coefficient (Wildman–Crippen LogP) is 1.82. The number of morpholine rings is 1. The molecule has 1 aromatic rings. The Hall–Kier alpha value is -1.74. The van der Waals surface area contributed by atoms with Crippen molar-refractivity contribution >= 4 is 6.03 Å². The number of nitrogens with one attached hydrogen (secondary N) is 2. The Labute approximate surface area is 132 Å². The van der Waals surface area contributed by atoms with E-state index in [1.807, 2.05) is 19.1 Å². The second-order valence-corrected chi connectivity index (χ2v) is 5.29. The summed E-state index contributed by atoms with van der Waals surface area (Å²) in [5.41, 5.74) is 0. The predicted molar refractivity (Wildman–Crippen MR) is 76.0 cm³/mol. The Morgan fingerprint density at radius 1 is 1.30 bits per heavy atom. The molecule has 0 unspecified atom stereocenters.